The summed E-state index contributed by atoms with van der Waals surface area (Å²) in [5.74, 6) is -0.912. The minimum Gasteiger partial charge on any atom is -0.480 e. The summed E-state index contributed by atoms with van der Waals surface area (Å²) in [7, 11) is 3.15. The Morgan fingerprint density at radius 1 is 1.57 bits per heavy atom. The van der Waals surface area contributed by atoms with E-state index < -0.39 is 17.6 Å². The van der Waals surface area contributed by atoms with Gasteiger partial charge in [0.25, 0.3) is 0 Å². The van der Waals surface area contributed by atoms with Crippen LogP contribution in [0.4, 0.5) is 0 Å². The van der Waals surface area contributed by atoms with Gasteiger partial charge in [0.05, 0.1) is 12.7 Å². The van der Waals surface area contributed by atoms with Crippen molar-refractivity contribution < 1.29 is 19.7 Å². The molecule has 0 aliphatic rings. The Hall–Kier alpha value is -0.650. The first-order valence-electron chi connectivity index (χ1n) is 4.44. The third-order valence-electron chi connectivity index (χ3n) is 2.32. The maximum absolute atomic E-state index is 10.8. The van der Waals surface area contributed by atoms with Crippen molar-refractivity contribution >= 4 is 5.97 Å². The molecule has 0 aromatic carbocycles. The number of carboxylic acids is 1. The summed E-state index contributed by atoms with van der Waals surface area (Å²) in [6.45, 7) is 3.66. The normalized spacial score (nSPS) is 14.4. The molecule has 0 heterocycles. The SMILES string of the molecule is COCC(O)CN(C)C(C)(C)C(=O)O. The third kappa shape index (κ3) is 3.61. The van der Waals surface area contributed by atoms with E-state index in [1.807, 2.05) is 0 Å². The fourth-order valence-electron chi connectivity index (χ4n) is 0.953. The Kier molecular flexibility index (Phi) is 5.04. The van der Waals surface area contributed by atoms with E-state index in [1.54, 1.807) is 25.8 Å². The van der Waals surface area contributed by atoms with E-state index in [4.69, 9.17) is 9.84 Å². The lowest BCUT2D eigenvalue weighted by molar-refractivity contribution is -0.149. The summed E-state index contributed by atoms with van der Waals surface area (Å²) in [6.07, 6.45) is -0.663. The molecule has 0 radical (unpaired) electrons. The lowest BCUT2D eigenvalue weighted by Crippen LogP contribution is -2.51. The van der Waals surface area contributed by atoms with Crippen LogP contribution in [0, 0.1) is 0 Å². The summed E-state index contributed by atoms with van der Waals surface area (Å²) in [5.41, 5.74) is -0.977. The van der Waals surface area contributed by atoms with Gasteiger partial charge in [0, 0.05) is 13.7 Å². The number of rotatable bonds is 6. The number of carbonyl (C=O) groups is 1. The zero-order valence-corrected chi connectivity index (χ0v) is 9.15. The summed E-state index contributed by atoms with van der Waals surface area (Å²) in [4.78, 5) is 12.4. The number of hydrogen-bond donors (Lipinski definition) is 2. The van der Waals surface area contributed by atoms with Gasteiger partial charge in [0.1, 0.15) is 5.54 Å². The highest BCUT2D eigenvalue weighted by Gasteiger charge is 2.32. The van der Waals surface area contributed by atoms with Crippen LogP contribution in [0.1, 0.15) is 13.8 Å². The van der Waals surface area contributed by atoms with Crippen LogP contribution in [0.5, 0.6) is 0 Å². The van der Waals surface area contributed by atoms with Gasteiger partial charge < -0.3 is 14.9 Å². The van der Waals surface area contributed by atoms with Crippen LogP contribution in [0.3, 0.4) is 0 Å². The second kappa shape index (κ2) is 5.29. The number of aliphatic hydroxyl groups excluding tert-OH is 1. The molecule has 0 aromatic heterocycles. The van der Waals surface area contributed by atoms with Crippen molar-refractivity contribution in [2.45, 2.75) is 25.5 Å². The standard InChI is InChI=1S/C9H19NO4/c1-9(2,8(12)13)10(3)5-7(11)6-14-4/h7,11H,5-6H2,1-4H3,(H,12,13). The number of aliphatic carboxylic acids is 1. The van der Waals surface area contributed by atoms with Crippen LogP contribution >= 0.6 is 0 Å². The molecular formula is C9H19NO4. The number of β-amino-alcohol motifs (C(OH)–C–C–N with tert-alkyl or cyclic N) is 1. The first-order chi connectivity index (χ1) is 6.32. The molecule has 0 saturated heterocycles. The van der Waals surface area contributed by atoms with Crippen molar-refractivity contribution in [2.75, 3.05) is 27.3 Å². The van der Waals surface area contributed by atoms with Crippen LogP contribution in [0.15, 0.2) is 0 Å². The minimum atomic E-state index is -0.977. The lowest BCUT2D eigenvalue weighted by Gasteiger charge is -2.32. The van der Waals surface area contributed by atoms with E-state index >= 15 is 0 Å². The Morgan fingerprint density at radius 2 is 2.07 bits per heavy atom. The van der Waals surface area contributed by atoms with Gasteiger partial charge in [-0.15, -0.1) is 0 Å². The fourth-order valence-corrected chi connectivity index (χ4v) is 0.953. The van der Waals surface area contributed by atoms with Crippen molar-refractivity contribution in [2.24, 2.45) is 0 Å². The Bertz CT molecular complexity index is 193. The maximum Gasteiger partial charge on any atom is 0.323 e. The fraction of sp³-hybridized carbons (Fsp3) is 0.889. The molecule has 0 aliphatic heterocycles. The van der Waals surface area contributed by atoms with Gasteiger partial charge in [0.2, 0.25) is 0 Å². The molecule has 2 N–H and O–H groups in total. The molecule has 1 atom stereocenters. The van der Waals surface area contributed by atoms with Gasteiger partial charge in [0.15, 0.2) is 0 Å². The number of nitrogens with zero attached hydrogens (tertiary/aromatic N) is 1. The van der Waals surface area contributed by atoms with Crippen molar-refractivity contribution in [1.82, 2.24) is 4.90 Å². The van der Waals surface area contributed by atoms with E-state index in [9.17, 15) is 9.90 Å². The maximum atomic E-state index is 10.8. The molecule has 0 rings (SSSR count). The topological polar surface area (TPSA) is 70.0 Å². The van der Waals surface area contributed by atoms with Crippen LogP contribution in [0.25, 0.3) is 0 Å². The van der Waals surface area contributed by atoms with E-state index in [0.29, 0.717) is 0 Å². The highest BCUT2D eigenvalue weighted by Crippen LogP contribution is 2.12. The van der Waals surface area contributed by atoms with E-state index in [0.717, 1.165) is 0 Å². The predicted octanol–water partition coefficient (Wildman–Crippen LogP) is -0.211. The molecule has 0 fully saturated rings. The van der Waals surface area contributed by atoms with Gasteiger partial charge in [-0.05, 0) is 20.9 Å². The zero-order chi connectivity index (χ0) is 11.4. The molecule has 84 valence electrons. The number of aliphatic hydroxyl groups is 1. The molecule has 14 heavy (non-hydrogen) atoms. The predicted molar refractivity (Wildman–Crippen MR) is 52.2 cm³/mol. The monoisotopic (exact) mass is 205 g/mol. The van der Waals surface area contributed by atoms with Crippen LogP contribution in [-0.2, 0) is 9.53 Å². The molecule has 0 bridgehead atoms. The minimum absolute atomic E-state index is 0.208. The first-order valence-corrected chi connectivity index (χ1v) is 4.44. The molecule has 0 saturated carbocycles. The van der Waals surface area contributed by atoms with Gasteiger partial charge in [-0.25, -0.2) is 0 Å². The van der Waals surface area contributed by atoms with Crippen LogP contribution in [-0.4, -0.2) is 60.0 Å². The highest BCUT2D eigenvalue weighted by atomic mass is 16.5. The lowest BCUT2D eigenvalue weighted by atomic mass is 10.0. The Labute approximate surface area is 84.3 Å². The van der Waals surface area contributed by atoms with E-state index in [-0.39, 0.29) is 13.2 Å². The quantitative estimate of drug-likeness (QED) is 0.628. The number of carboxylic acid groups (broad SMARTS) is 1. The molecule has 0 aromatic rings. The highest BCUT2D eigenvalue weighted by molar-refractivity contribution is 5.77. The van der Waals surface area contributed by atoms with Gasteiger partial charge in [-0.1, -0.05) is 0 Å². The van der Waals surface area contributed by atoms with Gasteiger partial charge in [-0.2, -0.15) is 0 Å². The average molecular weight is 205 g/mol. The van der Waals surface area contributed by atoms with Crippen molar-refractivity contribution in [1.29, 1.82) is 0 Å². The summed E-state index contributed by atoms with van der Waals surface area (Å²) < 4.78 is 4.75. The van der Waals surface area contributed by atoms with E-state index in [2.05, 4.69) is 0 Å². The summed E-state index contributed by atoms with van der Waals surface area (Å²) in [5, 5.41) is 18.3. The van der Waals surface area contributed by atoms with Crippen molar-refractivity contribution in [3.8, 4) is 0 Å². The Balaban J connectivity index is 4.19. The van der Waals surface area contributed by atoms with Crippen LogP contribution < -0.4 is 0 Å². The van der Waals surface area contributed by atoms with Crippen molar-refractivity contribution in [3.63, 3.8) is 0 Å². The smallest absolute Gasteiger partial charge is 0.323 e. The third-order valence-corrected chi connectivity index (χ3v) is 2.32. The van der Waals surface area contributed by atoms with Crippen LogP contribution in [0.2, 0.25) is 0 Å². The number of methoxy groups -OCH3 is 1. The second-order valence-corrected chi connectivity index (χ2v) is 3.85. The largest absolute Gasteiger partial charge is 0.480 e. The molecule has 0 spiro atoms. The Morgan fingerprint density at radius 3 is 2.43 bits per heavy atom. The zero-order valence-electron chi connectivity index (χ0n) is 9.15. The first kappa shape index (κ1) is 13.4. The summed E-state index contributed by atoms with van der Waals surface area (Å²) in [6, 6.07) is 0. The van der Waals surface area contributed by atoms with Gasteiger partial charge >= 0.3 is 5.97 Å². The summed E-state index contributed by atoms with van der Waals surface area (Å²) >= 11 is 0. The number of hydrogen-bond acceptors (Lipinski definition) is 4. The molecule has 5 heteroatoms. The molecule has 5 nitrogen and oxygen atoms in total. The second-order valence-electron chi connectivity index (χ2n) is 3.85. The van der Waals surface area contributed by atoms with Gasteiger partial charge in [-0.3, -0.25) is 9.69 Å². The number of likely N-dealkylation sites (N-methyl/N-ethyl adjacent to an activating group) is 1. The van der Waals surface area contributed by atoms with Crippen molar-refractivity contribution in [3.05, 3.63) is 0 Å². The number of ether oxygens (including phenoxy) is 1. The molecular weight excluding hydrogens is 186 g/mol. The van der Waals surface area contributed by atoms with E-state index in [1.165, 1.54) is 7.11 Å². The molecule has 0 aliphatic carbocycles. The molecule has 1 unspecified atom stereocenters. The molecule has 0 amide bonds. The average Bonchev–Trinajstić information content (AvgIpc) is 2.03.